The van der Waals surface area contributed by atoms with Crippen molar-refractivity contribution in [1.82, 2.24) is 29.6 Å². The van der Waals surface area contributed by atoms with Crippen LogP contribution in [0, 0.1) is 5.92 Å². The summed E-state index contributed by atoms with van der Waals surface area (Å²) in [4.78, 5) is 11.1. The number of fused-ring (bicyclic) bond motifs is 1. The number of anilines is 2. The second-order valence-electron chi connectivity index (χ2n) is 6.81. The van der Waals surface area contributed by atoms with Gasteiger partial charge in [-0.3, -0.25) is 0 Å². The second-order valence-corrected chi connectivity index (χ2v) is 9.12. The molecule has 0 atom stereocenters. The summed E-state index contributed by atoms with van der Waals surface area (Å²) in [5, 5.41) is 10.8. The third-order valence-corrected chi connectivity index (χ3v) is 5.58. The molecule has 1 fully saturated rings. The van der Waals surface area contributed by atoms with Crippen molar-refractivity contribution in [3.8, 4) is 0 Å². The van der Waals surface area contributed by atoms with E-state index < -0.39 is 10.0 Å². The lowest BCUT2D eigenvalue weighted by atomic mass is 10.2. The summed E-state index contributed by atoms with van der Waals surface area (Å²) in [6.07, 6.45) is 0. The third kappa shape index (κ3) is 5.41. The normalized spacial score (nSPS) is 15.6. The number of halogens is 1. The van der Waals surface area contributed by atoms with Crippen LogP contribution in [-0.2, 0) is 10.0 Å². The molecule has 0 unspecified atom stereocenters. The first-order valence-electron chi connectivity index (χ1n) is 8.94. The van der Waals surface area contributed by atoms with Gasteiger partial charge in [-0.1, -0.05) is 25.4 Å². The van der Waals surface area contributed by atoms with Crippen LogP contribution in [0.4, 0.5) is 11.9 Å². The van der Waals surface area contributed by atoms with Crippen molar-refractivity contribution in [2.75, 3.05) is 55.2 Å². The maximum Gasteiger partial charge on any atom is 0.230 e. The van der Waals surface area contributed by atoms with E-state index in [-0.39, 0.29) is 18.2 Å². The van der Waals surface area contributed by atoms with Crippen LogP contribution in [0.25, 0.3) is 5.65 Å². The van der Waals surface area contributed by atoms with Gasteiger partial charge in [0.2, 0.25) is 21.9 Å². The predicted octanol–water partition coefficient (Wildman–Crippen LogP) is 0.175. The second kappa shape index (κ2) is 8.55. The molecule has 3 rings (SSSR count). The first kappa shape index (κ1) is 20.1. The zero-order valence-corrected chi connectivity index (χ0v) is 17.0. The molecule has 0 amide bonds. The first-order chi connectivity index (χ1) is 12.8. The Morgan fingerprint density at radius 1 is 1.30 bits per heavy atom. The average molecular weight is 417 g/mol. The lowest BCUT2D eigenvalue weighted by Crippen LogP contribution is -2.44. The molecule has 3 heterocycles. The maximum absolute atomic E-state index is 12.1. The van der Waals surface area contributed by atoms with Crippen LogP contribution in [0.2, 0.25) is 5.15 Å². The number of hydrogen-bond donors (Lipinski definition) is 3. The molecule has 1 aliphatic rings. The minimum Gasteiger partial charge on any atom is -0.353 e. The summed E-state index contributed by atoms with van der Waals surface area (Å²) in [5.41, 5.74) is 0.562. The monoisotopic (exact) mass is 416 g/mol. The number of sulfonamides is 1. The third-order valence-electron chi connectivity index (χ3n) is 4.05. The van der Waals surface area contributed by atoms with Gasteiger partial charge in [0.15, 0.2) is 10.8 Å². The zero-order valence-electron chi connectivity index (χ0n) is 15.4. The fraction of sp³-hybridized carbons (Fsp3) is 0.667. The highest BCUT2D eigenvalue weighted by atomic mass is 35.5. The van der Waals surface area contributed by atoms with Crippen molar-refractivity contribution in [3.05, 3.63) is 11.2 Å². The van der Waals surface area contributed by atoms with Crippen LogP contribution >= 0.6 is 11.6 Å². The molecule has 1 saturated heterocycles. The highest BCUT2D eigenvalue weighted by Crippen LogP contribution is 2.18. The van der Waals surface area contributed by atoms with Crippen molar-refractivity contribution in [2.24, 2.45) is 5.92 Å². The number of aromatic nitrogens is 4. The van der Waals surface area contributed by atoms with E-state index >= 15 is 0 Å². The standard InChI is InChI=1S/C15H25ClN8O2S/c1-11(2)10-19-27(25,26)8-5-18-14-21-15(23-6-3-17-4-7-23)20-13-9-12(16)22-24(13)14/h9,11,17,19H,3-8,10H2,1-2H3,(H,18,20,21). The summed E-state index contributed by atoms with van der Waals surface area (Å²) < 4.78 is 28.2. The van der Waals surface area contributed by atoms with E-state index in [4.69, 9.17) is 11.6 Å². The molecule has 12 heteroatoms. The van der Waals surface area contributed by atoms with Crippen LogP contribution < -0.4 is 20.3 Å². The largest absolute Gasteiger partial charge is 0.353 e. The van der Waals surface area contributed by atoms with Gasteiger partial charge in [-0.2, -0.15) is 19.6 Å². The Hall–Kier alpha value is -1.69. The highest BCUT2D eigenvalue weighted by molar-refractivity contribution is 7.89. The fourth-order valence-corrected chi connectivity index (χ4v) is 3.91. The number of piperazine rings is 1. The van der Waals surface area contributed by atoms with Crippen LogP contribution in [0.1, 0.15) is 13.8 Å². The molecule has 3 N–H and O–H groups in total. The van der Waals surface area contributed by atoms with Crippen molar-refractivity contribution in [3.63, 3.8) is 0 Å². The Labute approximate surface area is 163 Å². The van der Waals surface area contributed by atoms with Crippen molar-refractivity contribution >= 4 is 39.2 Å². The van der Waals surface area contributed by atoms with E-state index in [1.807, 2.05) is 13.8 Å². The molecule has 0 saturated carbocycles. The number of nitrogens with one attached hydrogen (secondary N) is 3. The molecule has 2 aromatic heterocycles. The number of nitrogens with zero attached hydrogens (tertiary/aromatic N) is 5. The summed E-state index contributed by atoms with van der Waals surface area (Å²) in [7, 11) is -3.36. The van der Waals surface area contributed by atoms with Gasteiger partial charge in [-0.05, 0) is 5.92 Å². The lowest BCUT2D eigenvalue weighted by Gasteiger charge is -2.27. The maximum atomic E-state index is 12.1. The molecule has 10 nitrogen and oxygen atoms in total. The summed E-state index contributed by atoms with van der Waals surface area (Å²) in [5.74, 6) is 1.17. The number of hydrogen-bond acceptors (Lipinski definition) is 8. The van der Waals surface area contributed by atoms with E-state index in [1.54, 1.807) is 6.07 Å². The van der Waals surface area contributed by atoms with Gasteiger partial charge in [-0.15, -0.1) is 0 Å². The van der Waals surface area contributed by atoms with Gasteiger partial charge in [0.1, 0.15) is 0 Å². The first-order valence-corrected chi connectivity index (χ1v) is 11.0. The van der Waals surface area contributed by atoms with Gasteiger partial charge in [0, 0.05) is 45.3 Å². The van der Waals surface area contributed by atoms with E-state index in [0.717, 1.165) is 26.2 Å². The Balaban J connectivity index is 1.74. The fourth-order valence-electron chi connectivity index (χ4n) is 2.63. The smallest absolute Gasteiger partial charge is 0.230 e. The Kier molecular flexibility index (Phi) is 6.35. The van der Waals surface area contributed by atoms with Gasteiger partial charge in [0.25, 0.3) is 0 Å². The topological polar surface area (TPSA) is 117 Å². The van der Waals surface area contributed by atoms with E-state index in [2.05, 4.69) is 35.3 Å². The lowest BCUT2D eigenvalue weighted by molar-refractivity contribution is 0.560. The Morgan fingerprint density at radius 3 is 2.74 bits per heavy atom. The van der Waals surface area contributed by atoms with Gasteiger partial charge < -0.3 is 15.5 Å². The van der Waals surface area contributed by atoms with Gasteiger partial charge in [-0.25, -0.2) is 13.1 Å². The van der Waals surface area contributed by atoms with Crippen molar-refractivity contribution in [2.45, 2.75) is 13.8 Å². The van der Waals surface area contributed by atoms with Crippen LogP contribution in [0.3, 0.4) is 0 Å². The molecular formula is C15H25ClN8O2S. The van der Waals surface area contributed by atoms with Crippen molar-refractivity contribution in [1.29, 1.82) is 0 Å². The summed E-state index contributed by atoms with van der Waals surface area (Å²) >= 11 is 6.01. The quantitative estimate of drug-likeness (QED) is 0.557. The van der Waals surface area contributed by atoms with Gasteiger partial charge >= 0.3 is 0 Å². The molecule has 0 bridgehead atoms. The van der Waals surface area contributed by atoms with Gasteiger partial charge in [0.05, 0.1) is 5.75 Å². The minimum atomic E-state index is -3.36. The highest BCUT2D eigenvalue weighted by Gasteiger charge is 2.18. The molecular weight excluding hydrogens is 392 g/mol. The molecule has 2 aromatic rings. The minimum absolute atomic E-state index is 0.0663. The number of rotatable bonds is 8. The molecule has 1 aliphatic heterocycles. The van der Waals surface area contributed by atoms with Crippen LogP contribution in [-0.4, -0.2) is 73.0 Å². The van der Waals surface area contributed by atoms with Crippen LogP contribution in [0.5, 0.6) is 0 Å². The van der Waals surface area contributed by atoms with Crippen LogP contribution in [0.15, 0.2) is 6.07 Å². The molecule has 0 radical (unpaired) electrons. The average Bonchev–Trinajstić information content (AvgIpc) is 3.01. The molecule has 0 spiro atoms. The predicted molar refractivity (Wildman–Crippen MR) is 106 cm³/mol. The Morgan fingerprint density at radius 2 is 2.04 bits per heavy atom. The summed E-state index contributed by atoms with van der Waals surface area (Å²) in [6.45, 7) is 7.83. The Bertz CT molecular complexity index is 879. The van der Waals surface area contributed by atoms with Crippen molar-refractivity contribution < 1.29 is 8.42 Å². The van der Waals surface area contributed by atoms with E-state index in [9.17, 15) is 8.42 Å². The molecule has 27 heavy (non-hydrogen) atoms. The molecule has 0 aliphatic carbocycles. The SMILES string of the molecule is CC(C)CNS(=O)(=O)CCNc1nc(N2CCNCC2)nc2cc(Cl)nn12. The molecule has 0 aromatic carbocycles. The zero-order chi connectivity index (χ0) is 19.4. The summed E-state index contributed by atoms with van der Waals surface area (Å²) in [6, 6.07) is 1.65. The van der Waals surface area contributed by atoms with E-state index in [1.165, 1.54) is 4.52 Å². The molecule has 150 valence electrons. The van der Waals surface area contributed by atoms with E-state index in [0.29, 0.717) is 29.2 Å².